The fraction of sp³-hybridized carbons (Fsp3) is 0.619. The molecule has 0 spiro atoms. The zero-order valence-electron chi connectivity index (χ0n) is 15.7. The molecule has 0 amide bonds. The van der Waals surface area contributed by atoms with Gasteiger partial charge in [0.1, 0.15) is 5.76 Å². The van der Waals surface area contributed by atoms with Crippen LogP contribution in [0.1, 0.15) is 51.9 Å². The Kier molecular flexibility index (Phi) is 6.65. The Morgan fingerprint density at radius 1 is 1.08 bits per heavy atom. The highest BCUT2D eigenvalue weighted by Gasteiger charge is 2.26. The summed E-state index contributed by atoms with van der Waals surface area (Å²) in [5.41, 5.74) is 2.55. The lowest BCUT2D eigenvalue weighted by atomic mass is 9.88. The van der Waals surface area contributed by atoms with Crippen LogP contribution in [0.15, 0.2) is 46.3 Å². The Morgan fingerprint density at radius 2 is 1.92 bits per heavy atom. The maximum absolute atomic E-state index is 14.3. The monoisotopic (exact) mass is 366 g/mol. The molecule has 3 nitrogen and oxygen atoms in total. The molecule has 1 heterocycles. The van der Waals surface area contributed by atoms with E-state index in [-0.39, 0.29) is 11.9 Å². The van der Waals surface area contributed by atoms with Crippen LogP contribution < -0.4 is 0 Å². The first-order chi connectivity index (χ1) is 12.6. The van der Waals surface area contributed by atoms with Gasteiger partial charge in [-0.3, -0.25) is 0 Å². The molecule has 0 N–H and O–H groups in total. The smallest absolute Gasteiger partial charge is 0.196 e. The van der Waals surface area contributed by atoms with E-state index in [0.29, 0.717) is 44.2 Å². The Hall–Kier alpha value is -1.46. The zero-order chi connectivity index (χ0) is 18.5. The van der Waals surface area contributed by atoms with Gasteiger partial charge in [-0.25, -0.2) is 8.78 Å². The maximum Gasteiger partial charge on any atom is 0.196 e. The van der Waals surface area contributed by atoms with Crippen molar-refractivity contribution in [1.29, 1.82) is 0 Å². The van der Waals surface area contributed by atoms with Crippen molar-refractivity contribution in [2.45, 2.75) is 64.1 Å². The fourth-order valence-corrected chi connectivity index (χ4v) is 3.72. The maximum atomic E-state index is 14.3. The molecule has 0 radical (unpaired) electrons. The Labute approximate surface area is 154 Å². The summed E-state index contributed by atoms with van der Waals surface area (Å²) >= 11 is 0. The summed E-state index contributed by atoms with van der Waals surface area (Å²) in [5.74, 6) is -1.51. The molecule has 1 aliphatic heterocycles. The highest BCUT2D eigenvalue weighted by atomic mass is 19.2. The molecule has 0 aromatic carbocycles. The van der Waals surface area contributed by atoms with Gasteiger partial charge in [0.15, 0.2) is 11.7 Å². The van der Waals surface area contributed by atoms with Crippen molar-refractivity contribution >= 4 is 0 Å². The minimum absolute atomic E-state index is 0.104. The number of rotatable bonds is 6. The lowest BCUT2D eigenvalue weighted by molar-refractivity contribution is -0.0812. The average molecular weight is 366 g/mol. The summed E-state index contributed by atoms with van der Waals surface area (Å²) < 4.78 is 44.9. The third-order valence-corrected chi connectivity index (χ3v) is 5.46. The first kappa shape index (κ1) is 19.3. The van der Waals surface area contributed by atoms with Crippen LogP contribution in [0.4, 0.5) is 8.78 Å². The van der Waals surface area contributed by atoms with Crippen molar-refractivity contribution in [3.63, 3.8) is 0 Å². The van der Waals surface area contributed by atoms with Gasteiger partial charge >= 0.3 is 0 Å². The second-order valence-corrected chi connectivity index (χ2v) is 7.12. The van der Waals surface area contributed by atoms with Crippen LogP contribution in [0.5, 0.6) is 0 Å². The number of hydrogen-bond acceptors (Lipinski definition) is 3. The van der Waals surface area contributed by atoms with Gasteiger partial charge in [-0.1, -0.05) is 19.1 Å². The largest absolute Gasteiger partial charge is 0.498 e. The summed E-state index contributed by atoms with van der Waals surface area (Å²) in [6, 6.07) is 0. The number of methoxy groups -OCH3 is 1. The second-order valence-electron chi connectivity index (χ2n) is 7.12. The highest BCUT2D eigenvalue weighted by Crippen LogP contribution is 2.38. The van der Waals surface area contributed by atoms with E-state index >= 15 is 0 Å². The van der Waals surface area contributed by atoms with E-state index in [4.69, 9.17) is 14.2 Å². The molecule has 5 heteroatoms. The quantitative estimate of drug-likeness (QED) is 0.625. The molecule has 0 saturated carbocycles. The van der Waals surface area contributed by atoms with Gasteiger partial charge in [-0.15, -0.1) is 0 Å². The van der Waals surface area contributed by atoms with Crippen LogP contribution >= 0.6 is 0 Å². The summed E-state index contributed by atoms with van der Waals surface area (Å²) in [7, 11) is 1.38. The predicted octanol–water partition coefficient (Wildman–Crippen LogP) is 5.45. The Bertz CT molecular complexity index is 638. The van der Waals surface area contributed by atoms with Gasteiger partial charge in [-0.05, 0) is 55.2 Å². The standard InChI is InChI=1S/C21H28F2O3/c1-3-16-8-9-17(13-26-16)25-12-14-4-6-15(7-5-14)18-10-11-19(24-2)21(23)20(18)22/h4,6,16-17H,3,5,7-13H2,1-2H3. The molecule has 2 aliphatic carbocycles. The van der Waals surface area contributed by atoms with Gasteiger partial charge in [0.2, 0.25) is 0 Å². The zero-order valence-corrected chi connectivity index (χ0v) is 15.7. The molecule has 0 aromatic rings. The number of halogens is 2. The third-order valence-electron chi connectivity index (χ3n) is 5.46. The van der Waals surface area contributed by atoms with Gasteiger partial charge in [0.25, 0.3) is 0 Å². The van der Waals surface area contributed by atoms with Crippen molar-refractivity contribution in [2.24, 2.45) is 0 Å². The number of ether oxygens (including phenoxy) is 3. The topological polar surface area (TPSA) is 27.7 Å². The molecule has 26 heavy (non-hydrogen) atoms. The molecule has 0 aromatic heterocycles. The molecular formula is C21H28F2O3. The van der Waals surface area contributed by atoms with E-state index in [1.54, 1.807) is 0 Å². The van der Waals surface area contributed by atoms with Crippen molar-refractivity contribution in [3.8, 4) is 0 Å². The fourth-order valence-electron chi connectivity index (χ4n) is 3.72. The van der Waals surface area contributed by atoms with Gasteiger partial charge in [0, 0.05) is 6.42 Å². The predicted molar refractivity (Wildman–Crippen MR) is 96.9 cm³/mol. The lowest BCUT2D eigenvalue weighted by Gasteiger charge is -2.29. The van der Waals surface area contributed by atoms with Crippen molar-refractivity contribution < 1.29 is 23.0 Å². The van der Waals surface area contributed by atoms with E-state index in [1.165, 1.54) is 12.7 Å². The summed E-state index contributed by atoms with van der Waals surface area (Å²) in [6.07, 6.45) is 10.0. The van der Waals surface area contributed by atoms with Crippen LogP contribution in [-0.4, -0.2) is 32.5 Å². The number of hydrogen-bond donors (Lipinski definition) is 0. The minimum atomic E-state index is -0.851. The molecule has 3 rings (SSSR count). The summed E-state index contributed by atoms with van der Waals surface area (Å²) in [6.45, 7) is 3.39. The van der Waals surface area contributed by atoms with E-state index in [0.717, 1.165) is 31.3 Å². The molecule has 1 saturated heterocycles. The molecule has 144 valence electrons. The Morgan fingerprint density at radius 3 is 2.54 bits per heavy atom. The molecule has 2 unspecified atom stereocenters. The highest BCUT2D eigenvalue weighted by molar-refractivity contribution is 5.46. The van der Waals surface area contributed by atoms with Crippen LogP contribution in [0.25, 0.3) is 0 Å². The molecule has 0 bridgehead atoms. The Balaban J connectivity index is 1.56. The second kappa shape index (κ2) is 8.96. The van der Waals surface area contributed by atoms with Crippen LogP contribution in [0, 0.1) is 0 Å². The van der Waals surface area contributed by atoms with Crippen LogP contribution in [0.3, 0.4) is 0 Å². The molecule has 1 fully saturated rings. The van der Waals surface area contributed by atoms with Crippen LogP contribution in [0.2, 0.25) is 0 Å². The minimum Gasteiger partial charge on any atom is -0.498 e. The van der Waals surface area contributed by atoms with Gasteiger partial charge < -0.3 is 14.2 Å². The molecule has 2 atom stereocenters. The number of allylic oxidation sites excluding steroid dienone is 7. The summed E-state index contributed by atoms with van der Waals surface area (Å²) in [5, 5.41) is 0. The van der Waals surface area contributed by atoms with Crippen molar-refractivity contribution in [1.82, 2.24) is 0 Å². The van der Waals surface area contributed by atoms with Crippen molar-refractivity contribution in [3.05, 3.63) is 46.3 Å². The van der Waals surface area contributed by atoms with Crippen molar-refractivity contribution in [2.75, 3.05) is 20.3 Å². The van der Waals surface area contributed by atoms with E-state index < -0.39 is 11.7 Å². The van der Waals surface area contributed by atoms with E-state index in [1.807, 2.05) is 12.2 Å². The first-order valence-electron chi connectivity index (χ1n) is 9.56. The van der Waals surface area contributed by atoms with Gasteiger partial charge in [0.05, 0.1) is 32.5 Å². The molecular weight excluding hydrogens is 338 g/mol. The average Bonchev–Trinajstić information content (AvgIpc) is 2.69. The van der Waals surface area contributed by atoms with E-state index in [9.17, 15) is 8.78 Å². The molecule has 3 aliphatic rings. The van der Waals surface area contributed by atoms with Gasteiger partial charge in [-0.2, -0.15) is 0 Å². The normalized spacial score (nSPS) is 27.4. The van der Waals surface area contributed by atoms with Crippen LogP contribution in [-0.2, 0) is 14.2 Å². The third kappa shape index (κ3) is 4.44. The summed E-state index contributed by atoms with van der Waals surface area (Å²) in [4.78, 5) is 0. The first-order valence-corrected chi connectivity index (χ1v) is 9.56. The van der Waals surface area contributed by atoms with E-state index in [2.05, 4.69) is 6.92 Å². The lowest BCUT2D eigenvalue weighted by Crippen LogP contribution is -2.31. The SMILES string of the molecule is CCC1CCC(OCC2=CC=C(C3=C(F)C(F)=C(OC)CC3)CC2)CO1.